The van der Waals surface area contributed by atoms with Gasteiger partial charge >= 0.3 is 0 Å². The standard InChI is InChI=1S/C26H24N2O5/c1-3-32-18-13-14-19(21(16-18)33-4-2)24(29)22-23(20-12-8-9-15-27-20)28(26(31)25(22)30)17-10-6-5-7-11-17/h5-16,23,29H,3-4H2,1-2H3/b24-22-. The molecular formula is C26H24N2O5. The summed E-state index contributed by atoms with van der Waals surface area (Å²) in [5.74, 6) is -0.922. The lowest BCUT2D eigenvalue weighted by molar-refractivity contribution is -0.132. The van der Waals surface area contributed by atoms with Crippen LogP contribution in [0.3, 0.4) is 0 Å². The highest BCUT2D eigenvalue weighted by atomic mass is 16.5. The van der Waals surface area contributed by atoms with Crippen molar-refractivity contribution in [2.45, 2.75) is 19.9 Å². The number of nitrogens with zero attached hydrogens (tertiary/aromatic N) is 2. The fourth-order valence-electron chi connectivity index (χ4n) is 3.88. The second-order valence-corrected chi connectivity index (χ2v) is 7.28. The number of Topliss-reactive ketones (excluding diaryl/α,β-unsaturated/α-hetero) is 1. The molecule has 0 spiro atoms. The predicted octanol–water partition coefficient (Wildman–Crippen LogP) is 4.51. The number of aliphatic hydroxyl groups is 1. The number of para-hydroxylation sites is 1. The van der Waals surface area contributed by atoms with E-state index in [0.717, 1.165) is 0 Å². The minimum absolute atomic E-state index is 0.0485. The van der Waals surface area contributed by atoms with Gasteiger partial charge in [-0.15, -0.1) is 0 Å². The van der Waals surface area contributed by atoms with Crippen LogP contribution in [0.25, 0.3) is 5.76 Å². The first-order valence-corrected chi connectivity index (χ1v) is 10.7. The van der Waals surface area contributed by atoms with Crippen LogP contribution in [-0.4, -0.2) is 35.0 Å². The first-order valence-electron chi connectivity index (χ1n) is 10.7. The van der Waals surface area contributed by atoms with Gasteiger partial charge in [-0.05, 0) is 50.2 Å². The van der Waals surface area contributed by atoms with E-state index in [1.54, 1.807) is 66.9 Å². The van der Waals surface area contributed by atoms with E-state index in [2.05, 4.69) is 4.98 Å². The zero-order chi connectivity index (χ0) is 23.4. The lowest BCUT2D eigenvalue weighted by Crippen LogP contribution is -2.29. The van der Waals surface area contributed by atoms with Crippen molar-refractivity contribution in [3.8, 4) is 11.5 Å². The van der Waals surface area contributed by atoms with Gasteiger partial charge < -0.3 is 14.6 Å². The molecule has 0 aliphatic carbocycles. The van der Waals surface area contributed by atoms with Gasteiger partial charge in [0.25, 0.3) is 11.7 Å². The Morgan fingerprint density at radius 1 is 0.970 bits per heavy atom. The lowest BCUT2D eigenvalue weighted by Gasteiger charge is -2.24. The molecule has 0 saturated carbocycles. The summed E-state index contributed by atoms with van der Waals surface area (Å²) in [6, 6.07) is 18.2. The van der Waals surface area contributed by atoms with Crippen molar-refractivity contribution in [1.82, 2.24) is 4.98 Å². The van der Waals surface area contributed by atoms with Gasteiger partial charge in [0, 0.05) is 18.0 Å². The maximum absolute atomic E-state index is 13.2. The Balaban J connectivity index is 1.92. The fraction of sp³-hybridized carbons (Fsp3) is 0.192. The van der Waals surface area contributed by atoms with Crippen LogP contribution >= 0.6 is 0 Å². The molecule has 1 aliphatic heterocycles. The molecule has 1 aliphatic rings. The normalized spacial score (nSPS) is 17.3. The Morgan fingerprint density at radius 2 is 1.70 bits per heavy atom. The molecule has 1 fully saturated rings. The molecule has 7 heteroatoms. The number of ketones is 1. The quantitative estimate of drug-likeness (QED) is 0.328. The number of hydrogen-bond donors (Lipinski definition) is 1. The average Bonchev–Trinajstić information content (AvgIpc) is 3.11. The zero-order valence-electron chi connectivity index (χ0n) is 18.4. The second kappa shape index (κ2) is 9.56. The molecule has 2 heterocycles. The van der Waals surface area contributed by atoms with Crippen LogP contribution in [0.2, 0.25) is 0 Å². The predicted molar refractivity (Wildman–Crippen MR) is 124 cm³/mol. The minimum Gasteiger partial charge on any atom is -0.507 e. The molecule has 2 aromatic carbocycles. The number of pyridine rings is 1. The molecule has 33 heavy (non-hydrogen) atoms. The summed E-state index contributed by atoms with van der Waals surface area (Å²) in [6.45, 7) is 4.50. The Morgan fingerprint density at radius 3 is 2.36 bits per heavy atom. The smallest absolute Gasteiger partial charge is 0.300 e. The number of aromatic nitrogens is 1. The second-order valence-electron chi connectivity index (χ2n) is 7.28. The first-order chi connectivity index (χ1) is 16.1. The van der Waals surface area contributed by atoms with Gasteiger partial charge in [-0.25, -0.2) is 0 Å². The maximum atomic E-state index is 13.2. The fourth-order valence-corrected chi connectivity index (χ4v) is 3.88. The maximum Gasteiger partial charge on any atom is 0.300 e. The SMILES string of the molecule is CCOc1ccc(/C(O)=C2/C(=O)C(=O)N(c3ccccc3)C2c2ccccn2)c(OCC)c1. The summed E-state index contributed by atoms with van der Waals surface area (Å²) in [4.78, 5) is 32.1. The first kappa shape index (κ1) is 22.1. The van der Waals surface area contributed by atoms with Crippen molar-refractivity contribution in [2.75, 3.05) is 18.1 Å². The third-order valence-electron chi connectivity index (χ3n) is 5.27. The van der Waals surface area contributed by atoms with Crippen molar-refractivity contribution in [3.05, 3.63) is 89.8 Å². The van der Waals surface area contributed by atoms with Crippen LogP contribution < -0.4 is 14.4 Å². The molecule has 1 saturated heterocycles. The highest BCUT2D eigenvalue weighted by Crippen LogP contribution is 2.43. The Kier molecular flexibility index (Phi) is 6.40. The van der Waals surface area contributed by atoms with Crippen molar-refractivity contribution >= 4 is 23.1 Å². The topological polar surface area (TPSA) is 89.0 Å². The van der Waals surface area contributed by atoms with Crippen LogP contribution in [0.4, 0.5) is 5.69 Å². The van der Waals surface area contributed by atoms with E-state index in [1.165, 1.54) is 4.90 Å². The molecule has 0 bridgehead atoms. The molecule has 3 aromatic rings. The number of benzene rings is 2. The van der Waals surface area contributed by atoms with Crippen LogP contribution in [0.15, 0.2) is 78.5 Å². The third kappa shape index (κ3) is 4.17. The number of hydrogen-bond acceptors (Lipinski definition) is 6. The van der Waals surface area contributed by atoms with E-state index in [-0.39, 0.29) is 11.3 Å². The molecule has 1 aromatic heterocycles. The van der Waals surface area contributed by atoms with Crippen LogP contribution in [0.5, 0.6) is 11.5 Å². The lowest BCUT2D eigenvalue weighted by atomic mass is 9.97. The van der Waals surface area contributed by atoms with Gasteiger partial charge in [-0.3, -0.25) is 19.5 Å². The number of rotatable bonds is 7. The van der Waals surface area contributed by atoms with Crippen molar-refractivity contribution in [3.63, 3.8) is 0 Å². The van der Waals surface area contributed by atoms with Gasteiger partial charge in [0.15, 0.2) is 0 Å². The van der Waals surface area contributed by atoms with E-state index in [1.807, 2.05) is 19.9 Å². The molecule has 7 nitrogen and oxygen atoms in total. The van der Waals surface area contributed by atoms with Crippen molar-refractivity contribution in [2.24, 2.45) is 0 Å². The number of carbonyl (C=O) groups excluding carboxylic acids is 2. The van der Waals surface area contributed by atoms with Crippen molar-refractivity contribution in [1.29, 1.82) is 0 Å². The number of ether oxygens (including phenoxy) is 2. The molecule has 0 radical (unpaired) electrons. The van der Waals surface area contributed by atoms with Gasteiger partial charge in [-0.2, -0.15) is 0 Å². The molecule has 1 N–H and O–H groups in total. The zero-order valence-corrected chi connectivity index (χ0v) is 18.4. The monoisotopic (exact) mass is 444 g/mol. The highest BCUT2D eigenvalue weighted by Gasteiger charge is 2.47. The summed E-state index contributed by atoms with van der Waals surface area (Å²) in [5.41, 5.74) is 1.25. The Labute approximate surface area is 191 Å². The van der Waals surface area contributed by atoms with Gasteiger partial charge in [0.1, 0.15) is 23.3 Å². The summed E-state index contributed by atoms with van der Waals surface area (Å²) >= 11 is 0. The largest absolute Gasteiger partial charge is 0.507 e. The molecule has 168 valence electrons. The molecule has 1 atom stereocenters. The number of amides is 1. The van der Waals surface area contributed by atoms with Gasteiger partial charge in [0.2, 0.25) is 0 Å². The van der Waals surface area contributed by atoms with Gasteiger partial charge in [0.05, 0.1) is 30.0 Å². The van der Waals surface area contributed by atoms with E-state index >= 15 is 0 Å². The molecule has 1 unspecified atom stereocenters. The van der Waals surface area contributed by atoms with Crippen LogP contribution in [0, 0.1) is 0 Å². The summed E-state index contributed by atoms with van der Waals surface area (Å²) < 4.78 is 11.3. The minimum atomic E-state index is -0.894. The number of carbonyl (C=O) groups is 2. The number of aliphatic hydroxyl groups excluding tert-OH is 1. The Bertz CT molecular complexity index is 1190. The van der Waals surface area contributed by atoms with Crippen LogP contribution in [0.1, 0.15) is 31.1 Å². The van der Waals surface area contributed by atoms with E-state index < -0.39 is 17.7 Å². The van der Waals surface area contributed by atoms with Gasteiger partial charge in [-0.1, -0.05) is 24.3 Å². The Hall–Kier alpha value is -4.13. The van der Waals surface area contributed by atoms with Crippen LogP contribution in [-0.2, 0) is 9.59 Å². The van der Waals surface area contributed by atoms with E-state index in [4.69, 9.17) is 9.47 Å². The third-order valence-corrected chi connectivity index (χ3v) is 5.27. The van der Waals surface area contributed by atoms with E-state index in [0.29, 0.717) is 41.7 Å². The van der Waals surface area contributed by atoms with E-state index in [9.17, 15) is 14.7 Å². The molecule has 1 amide bonds. The van der Waals surface area contributed by atoms with Crippen molar-refractivity contribution < 1.29 is 24.2 Å². The molecular weight excluding hydrogens is 420 g/mol. The number of anilines is 1. The summed E-state index contributed by atoms with van der Waals surface area (Å²) in [7, 11) is 0. The highest BCUT2D eigenvalue weighted by molar-refractivity contribution is 6.51. The average molecular weight is 444 g/mol. The summed E-state index contributed by atoms with van der Waals surface area (Å²) in [5, 5.41) is 11.4. The molecule has 4 rings (SSSR count). The summed E-state index contributed by atoms with van der Waals surface area (Å²) in [6.07, 6.45) is 1.59.